The standard InChI is InChI=1S/C20H25N5O/c21-16-8-9-18(15-5-2-1-4-14(15)16)26-13-7-10-19(22)25(12-13)20(23)17-6-3-11-24-17/h1-2,4-5,7,10,12,16-18,22-24H,3,6,8-9,11,21H2/t16-,17-,18+/m0/s1. The van der Waals surface area contributed by atoms with Crippen LogP contribution in [0.3, 0.4) is 0 Å². The summed E-state index contributed by atoms with van der Waals surface area (Å²) in [5.41, 5.74) is 8.82. The van der Waals surface area contributed by atoms with Gasteiger partial charge in [-0.15, -0.1) is 0 Å². The zero-order chi connectivity index (χ0) is 18.1. The molecule has 1 saturated heterocycles. The molecular weight excluding hydrogens is 326 g/mol. The summed E-state index contributed by atoms with van der Waals surface area (Å²) in [6.45, 7) is 0.927. The fourth-order valence-electron chi connectivity index (χ4n) is 3.91. The average Bonchev–Trinajstić information content (AvgIpc) is 3.20. The molecule has 2 aliphatic rings. The van der Waals surface area contributed by atoms with E-state index in [-0.39, 0.29) is 18.2 Å². The second-order valence-corrected chi connectivity index (χ2v) is 7.07. The maximum atomic E-state index is 8.44. The number of rotatable bonds is 3. The highest BCUT2D eigenvalue weighted by Crippen LogP contribution is 2.37. The fraction of sp³-hybridized carbons (Fsp3) is 0.400. The largest absolute Gasteiger partial charge is 0.484 e. The van der Waals surface area contributed by atoms with E-state index in [2.05, 4.69) is 17.4 Å². The molecule has 0 radical (unpaired) electrons. The van der Waals surface area contributed by atoms with Gasteiger partial charge in [-0.2, -0.15) is 0 Å². The summed E-state index contributed by atoms with van der Waals surface area (Å²) in [7, 11) is 0. The van der Waals surface area contributed by atoms with Gasteiger partial charge < -0.3 is 15.8 Å². The van der Waals surface area contributed by atoms with Crippen molar-refractivity contribution in [3.8, 4) is 5.75 Å². The van der Waals surface area contributed by atoms with E-state index in [9.17, 15) is 0 Å². The lowest BCUT2D eigenvalue weighted by Crippen LogP contribution is -2.39. The maximum absolute atomic E-state index is 8.44. The average molecular weight is 351 g/mol. The molecule has 1 fully saturated rings. The molecule has 1 aromatic carbocycles. The van der Waals surface area contributed by atoms with E-state index in [0.717, 1.165) is 43.4 Å². The summed E-state index contributed by atoms with van der Waals surface area (Å²) in [6.07, 6.45) is 5.47. The minimum absolute atomic E-state index is 0.00718. The van der Waals surface area contributed by atoms with Crippen molar-refractivity contribution in [2.24, 2.45) is 5.73 Å². The molecule has 3 atom stereocenters. The van der Waals surface area contributed by atoms with Crippen LogP contribution in [-0.2, 0) is 0 Å². The summed E-state index contributed by atoms with van der Waals surface area (Å²) in [6, 6.07) is 11.8. The lowest BCUT2D eigenvalue weighted by molar-refractivity contribution is 0.176. The van der Waals surface area contributed by atoms with Crippen LogP contribution >= 0.6 is 0 Å². The van der Waals surface area contributed by atoms with E-state index in [4.69, 9.17) is 21.3 Å². The molecule has 0 saturated carbocycles. The van der Waals surface area contributed by atoms with Gasteiger partial charge in [0.2, 0.25) is 0 Å². The number of aromatic nitrogens is 1. The summed E-state index contributed by atoms with van der Waals surface area (Å²) < 4.78 is 7.87. The van der Waals surface area contributed by atoms with E-state index in [1.165, 1.54) is 0 Å². The molecule has 6 heteroatoms. The molecule has 0 amide bonds. The van der Waals surface area contributed by atoms with E-state index >= 15 is 0 Å². The van der Waals surface area contributed by atoms with Crippen molar-refractivity contribution in [1.82, 2.24) is 9.88 Å². The first-order valence-corrected chi connectivity index (χ1v) is 9.24. The summed E-state index contributed by atoms with van der Waals surface area (Å²) >= 11 is 0. The molecule has 0 unspecified atom stereocenters. The Morgan fingerprint density at radius 3 is 2.69 bits per heavy atom. The second kappa shape index (κ2) is 7.05. The molecule has 0 spiro atoms. The van der Waals surface area contributed by atoms with Crippen LogP contribution in [0.4, 0.5) is 0 Å². The Hall–Kier alpha value is -2.44. The zero-order valence-electron chi connectivity index (χ0n) is 14.7. The Labute approximate surface area is 153 Å². The quantitative estimate of drug-likeness (QED) is 0.505. The molecule has 0 bridgehead atoms. The highest BCUT2D eigenvalue weighted by Gasteiger charge is 2.26. The van der Waals surface area contributed by atoms with Gasteiger partial charge in [-0.1, -0.05) is 24.3 Å². The summed E-state index contributed by atoms with van der Waals surface area (Å²) in [5, 5.41) is 19.9. The van der Waals surface area contributed by atoms with Crippen LogP contribution in [0, 0.1) is 10.8 Å². The number of nitrogens with two attached hydrogens (primary N) is 1. The molecule has 1 aromatic heterocycles. The van der Waals surface area contributed by atoms with Crippen molar-refractivity contribution in [3.05, 3.63) is 59.2 Å². The van der Waals surface area contributed by atoms with E-state index in [1.54, 1.807) is 16.8 Å². The molecule has 5 N–H and O–H groups in total. The maximum Gasteiger partial charge on any atom is 0.137 e. The molecule has 2 aromatic rings. The monoisotopic (exact) mass is 351 g/mol. The minimum atomic E-state index is -0.0465. The third-order valence-electron chi connectivity index (χ3n) is 5.33. The predicted octanol–water partition coefficient (Wildman–Crippen LogP) is 2.46. The second-order valence-electron chi connectivity index (χ2n) is 7.07. The first kappa shape index (κ1) is 17.0. The highest BCUT2D eigenvalue weighted by molar-refractivity contribution is 5.87. The molecule has 1 aliphatic heterocycles. The zero-order valence-corrected chi connectivity index (χ0v) is 14.7. The van der Waals surface area contributed by atoms with Crippen molar-refractivity contribution in [2.75, 3.05) is 6.54 Å². The van der Waals surface area contributed by atoms with Gasteiger partial charge in [-0.3, -0.25) is 15.4 Å². The van der Waals surface area contributed by atoms with Gasteiger partial charge in [0, 0.05) is 6.04 Å². The van der Waals surface area contributed by atoms with Crippen molar-refractivity contribution < 1.29 is 4.74 Å². The number of ether oxygens (including phenoxy) is 1. The van der Waals surface area contributed by atoms with Crippen molar-refractivity contribution in [2.45, 2.75) is 43.9 Å². The molecule has 26 heavy (non-hydrogen) atoms. The Balaban J connectivity index is 1.60. The van der Waals surface area contributed by atoms with Crippen molar-refractivity contribution >= 4 is 5.84 Å². The smallest absolute Gasteiger partial charge is 0.137 e. The number of pyridine rings is 1. The Bertz CT molecular complexity index is 869. The van der Waals surface area contributed by atoms with Crippen LogP contribution in [0.15, 0.2) is 42.6 Å². The first-order valence-electron chi connectivity index (χ1n) is 9.24. The lowest BCUT2D eigenvalue weighted by atomic mass is 9.86. The highest BCUT2D eigenvalue weighted by atomic mass is 16.5. The van der Waals surface area contributed by atoms with Gasteiger partial charge in [0.1, 0.15) is 23.2 Å². The summed E-state index contributed by atoms with van der Waals surface area (Å²) in [4.78, 5) is 0. The van der Waals surface area contributed by atoms with Gasteiger partial charge in [0.25, 0.3) is 0 Å². The number of benzene rings is 1. The van der Waals surface area contributed by atoms with Crippen LogP contribution in [0.5, 0.6) is 5.75 Å². The Kier molecular flexibility index (Phi) is 4.61. The minimum Gasteiger partial charge on any atom is -0.484 e. The third-order valence-corrected chi connectivity index (χ3v) is 5.33. The molecular formula is C20H25N5O. The molecule has 1 aliphatic carbocycles. The molecule has 6 nitrogen and oxygen atoms in total. The van der Waals surface area contributed by atoms with Crippen LogP contribution < -0.4 is 21.3 Å². The SMILES string of the molecule is N=C([C@@H]1CCCN1)n1cc(O[C@@H]2CC[C@H](N)c3ccccc32)ccc1=N. The van der Waals surface area contributed by atoms with Gasteiger partial charge >= 0.3 is 0 Å². The third kappa shape index (κ3) is 3.18. The van der Waals surface area contributed by atoms with Crippen LogP contribution in [0.2, 0.25) is 0 Å². The van der Waals surface area contributed by atoms with Crippen LogP contribution in [0.25, 0.3) is 0 Å². The van der Waals surface area contributed by atoms with E-state index in [0.29, 0.717) is 17.1 Å². The van der Waals surface area contributed by atoms with E-state index in [1.807, 2.05) is 18.2 Å². The number of hydrogen-bond donors (Lipinski definition) is 4. The van der Waals surface area contributed by atoms with Crippen molar-refractivity contribution in [1.29, 1.82) is 10.8 Å². The van der Waals surface area contributed by atoms with Gasteiger partial charge in [-0.25, -0.2) is 0 Å². The molecule has 2 heterocycles. The fourth-order valence-corrected chi connectivity index (χ4v) is 3.91. The predicted molar refractivity (Wildman–Crippen MR) is 100 cm³/mol. The van der Waals surface area contributed by atoms with Gasteiger partial charge in [-0.05, 0) is 55.5 Å². The normalized spacial score (nSPS) is 24.9. The Morgan fingerprint density at radius 1 is 1.12 bits per heavy atom. The molecule has 4 rings (SSSR count). The first-order chi connectivity index (χ1) is 12.6. The Morgan fingerprint density at radius 2 is 1.92 bits per heavy atom. The van der Waals surface area contributed by atoms with Crippen LogP contribution in [-0.4, -0.2) is 23.0 Å². The van der Waals surface area contributed by atoms with Crippen molar-refractivity contribution in [3.63, 3.8) is 0 Å². The number of nitrogens with one attached hydrogen (secondary N) is 3. The number of hydrogen-bond acceptors (Lipinski definition) is 5. The van der Waals surface area contributed by atoms with Crippen LogP contribution in [0.1, 0.15) is 49.0 Å². The topological polar surface area (TPSA) is 99.9 Å². The van der Waals surface area contributed by atoms with Gasteiger partial charge in [0.05, 0.1) is 12.2 Å². The number of nitrogens with zero attached hydrogens (tertiary/aromatic N) is 1. The molecule has 136 valence electrons. The van der Waals surface area contributed by atoms with Gasteiger partial charge in [0.15, 0.2) is 0 Å². The lowest BCUT2D eigenvalue weighted by Gasteiger charge is -2.30. The van der Waals surface area contributed by atoms with E-state index < -0.39 is 0 Å². The summed E-state index contributed by atoms with van der Waals surface area (Å²) in [5.74, 6) is 1.09. The number of fused-ring (bicyclic) bond motifs is 1.